The maximum atomic E-state index is 12.0. The molecule has 8 heteroatoms. The molecule has 0 radical (unpaired) electrons. The van der Waals surface area contributed by atoms with Gasteiger partial charge in [0.2, 0.25) is 5.91 Å². The summed E-state index contributed by atoms with van der Waals surface area (Å²) in [5, 5.41) is 17.3. The van der Waals surface area contributed by atoms with Crippen molar-refractivity contribution in [3.63, 3.8) is 0 Å². The standard InChI is InChI=1S/C13H23N5O3/c1-4-16(5-2)8-6-7-14-13(19)11(3)17-10-12(9-15-17)18(20)21/h9-11H,4-8H2,1-3H3,(H,14,19). The van der Waals surface area contributed by atoms with Crippen LogP contribution in [-0.2, 0) is 4.79 Å². The molecule has 0 aliphatic rings. The van der Waals surface area contributed by atoms with E-state index in [1.807, 2.05) is 0 Å². The van der Waals surface area contributed by atoms with Crippen LogP contribution in [0.1, 0.15) is 33.2 Å². The molecular weight excluding hydrogens is 274 g/mol. The zero-order valence-corrected chi connectivity index (χ0v) is 12.8. The number of nitro groups is 1. The van der Waals surface area contributed by atoms with Crippen molar-refractivity contribution in [1.29, 1.82) is 0 Å². The van der Waals surface area contributed by atoms with Crippen LogP contribution in [0.3, 0.4) is 0 Å². The highest BCUT2D eigenvalue weighted by molar-refractivity contribution is 5.79. The van der Waals surface area contributed by atoms with Crippen LogP contribution in [0.4, 0.5) is 5.69 Å². The van der Waals surface area contributed by atoms with Crippen molar-refractivity contribution >= 4 is 11.6 Å². The van der Waals surface area contributed by atoms with E-state index in [9.17, 15) is 14.9 Å². The maximum Gasteiger partial charge on any atom is 0.307 e. The summed E-state index contributed by atoms with van der Waals surface area (Å²) in [6, 6.07) is -0.563. The maximum absolute atomic E-state index is 12.0. The van der Waals surface area contributed by atoms with Crippen molar-refractivity contribution in [2.75, 3.05) is 26.2 Å². The van der Waals surface area contributed by atoms with E-state index in [4.69, 9.17) is 0 Å². The Morgan fingerprint density at radius 1 is 1.52 bits per heavy atom. The third-order valence-corrected chi connectivity index (χ3v) is 3.42. The minimum absolute atomic E-state index is 0.115. The first-order chi connectivity index (χ1) is 9.99. The molecule has 0 bridgehead atoms. The summed E-state index contributed by atoms with van der Waals surface area (Å²) < 4.78 is 1.30. The molecule has 0 fully saturated rings. The van der Waals surface area contributed by atoms with Crippen LogP contribution >= 0.6 is 0 Å². The van der Waals surface area contributed by atoms with Crippen molar-refractivity contribution in [3.8, 4) is 0 Å². The summed E-state index contributed by atoms with van der Waals surface area (Å²) in [5.74, 6) is -0.187. The zero-order chi connectivity index (χ0) is 15.8. The number of hydrogen-bond acceptors (Lipinski definition) is 5. The van der Waals surface area contributed by atoms with Gasteiger partial charge in [0.05, 0.1) is 4.92 Å². The molecule has 0 spiro atoms. The number of carbonyl (C=O) groups is 1. The zero-order valence-electron chi connectivity index (χ0n) is 12.8. The summed E-state index contributed by atoms with van der Waals surface area (Å²) in [4.78, 5) is 24.3. The van der Waals surface area contributed by atoms with Crippen molar-refractivity contribution in [2.24, 2.45) is 0 Å². The minimum atomic E-state index is -0.563. The van der Waals surface area contributed by atoms with Gasteiger partial charge >= 0.3 is 5.69 Å². The second kappa shape index (κ2) is 8.35. The molecule has 1 aromatic heterocycles. The SMILES string of the molecule is CCN(CC)CCCNC(=O)C(C)n1cc([N+](=O)[O-])cn1. The second-order valence-electron chi connectivity index (χ2n) is 4.78. The van der Waals surface area contributed by atoms with Gasteiger partial charge in [-0.25, -0.2) is 0 Å². The number of hydrogen-bond donors (Lipinski definition) is 1. The molecule has 0 aliphatic heterocycles. The van der Waals surface area contributed by atoms with Crippen LogP contribution in [0.5, 0.6) is 0 Å². The van der Waals surface area contributed by atoms with Crippen LogP contribution < -0.4 is 5.32 Å². The van der Waals surface area contributed by atoms with E-state index >= 15 is 0 Å². The molecule has 1 amide bonds. The van der Waals surface area contributed by atoms with E-state index in [0.29, 0.717) is 6.54 Å². The Hall–Kier alpha value is -1.96. The van der Waals surface area contributed by atoms with E-state index in [1.54, 1.807) is 6.92 Å². The Kier molecular flexibility index (Phi) is 6.80. The summed E-state index contributed by atoms with van der Waals surface area (Å²) in [7, 11) is 0. The van der Waals surface area contributed by atoms with E-state index in [2.05, 4.69) is 29.2 Å². The highest BCUT2D eigenvalue weighted by Crippen LogP contribution is 2.12. The highest BCUT2D eigenvalue weighted by atomic mass is 16.6. The molecular formula is C13H23N5O3. The van der Waals surface area contributed by atoms with Crippen molar-refractivity contribution in [3.05, 3.63) is 22.5 Å². The van der Waals surface area contributed by atoms with Crippen LogP contribution in [-0.4, -0.2) is 51.7 Å². The van der Waals surface area contributed by atoms with Crippen LogP contribution in [0.2, 0.25) is 0 Å². The topological polar surface area (TPSA) is 93.3 Å². The van der Waals surface area contributed by atoms with Crippen molar-refractivity contribution < 1.29 is 9.72 Å². The molecule has 0 saturated heterocycles. The van der Waals surface area contributed by atoms with Crippen LogP contribution in [0, 0.1) is 10.1 Å². The molecule has 0 saturated carbocycles. The number of aromatic nitrogens is 2. The monoisotopic (exact) mass is 297 g/mol. The van der Waals surface area contributed by atoms with Gasteiger partial charge in [-0.1, -0.05) is 13.8 Å². The largest absolute Gasteiger partial charge is 0.354 e. The smallest absolute Gasteiger partial charge is 0.307 e. The van der Waals surface area contributed by atoms with Gasteiger partial charge < -0.3 is 10.2 Å². The van der Waals surface area contributed by atoms with Gasteiger partial charge in [-0.2, -0.15) is 5.10 Å². The molecule has 1 atom stereocenters. The molecule has 1 unspecified atom stereocenters. The quantitative estimate of drug-likeness (QED) is 0.420. The lowest BCUT2D eigenvalue weighted by atomic mass is 10.3. The summed E-state index contributed by atoms with van der Waals surface area (Å²) in [5.41, 5.74) is -0.115. The summed E-state index contributed by atoms with van der Waals surface area (Å²) >= 11 is 0. The first kappa shape index (κ1) is 17.1. The van der Waals surface area contributed by atoms with Gasteiger partial charge in [0.1, 0.15) is 18.4 Å². The Morgan fingerprint density at radius 2 is 2.19 bits per heavy atom. The first-order valence-electron chi connectivity index (χ1n) is 7.18. The molecule has 21 heavy (non-hydrogen) atoms. The number of rotatable bonds is 9. The average molecular weight is 297 g/mol. The Balaban J connectivity index is 2.38. The van der Waals surface area contributed by atoms with E-state index < -0.39 is 11.0 Å². The Bertz CT molecular complexity index is 470. The van der Waals surface area contributed by atoms with E-state index in [1.165, 1.54) is 10.9 Å². The second-order valence-corrected chi connectivity index (χ2v) is 4.78. The third kappa shape index (κ3) is 5.14. The molecule has 118 valence electrons. The minimum Gasteiger partial charge on any atom is -0.354 e. The Labute approximate surface area is 124 Å². The van der Waals surface area contributed by atoms with Gasteiger partial charge in [-0.3, -0.25) is 19.6 Å². The van der Waals surface area contributed by atoms with Crippen LogP contribution in [0.15, 0.2) is 12.4 Å². The van der Waals surface area contributed by atoms with Gasteiger partial charge in [0.15, 0.2) is 0 Å². The fourth-order valence-electron chi connectivity index (χ4n) is 1.96. The summed E-state index contributed by atoms with van der Waals surface area (Å²) in [6.07, 6.45) is 3.28. The molecule has 1 N–H and O–H groups in total. The predicted octanol–water partition coefficient (Wildman–Crippen LogP) is 1.20. The summed E-state index contributed by atoms with van der Waals surface area (Å²) in [6.45, 7) is 9.40. The van der Waals surface area contributed by atoms with Gasteiger partial charge in [0, 0.05) is 6.54 Å². The molecule has 8 nitrogen and oxygen atoms in total. The fourth-order valence-corrected chi connectivity index (χ4v) is 1.96. The number of carbonyl (C=O) groups excluding carboxylic acids is 1. The molecule has 0 aromatic carbocycles. The third-order valence-electron chi connectivity index (χ3n) is 3.42. The fraction of sp³-hybridized carbons (Fsp3) is 0.692. The Morgan fingerprint density at radius 3 is 2.71 bits per heavy atom. The molecule has 0 aliphatic carbocycles. The molecule has 1 heterocycles. The molecule has 1 aromatic rings. The van der Waals surface area contributed by atoms with Crippen molar-refractivity contribution in [1.82, 2.24) is 20.0 Å². The van der Waals surface area contributed by atoms with Gasteiger partial charge in [-0.15, -0.1) is 0 Å². The molecule has 1 rings (SSSR count). The van der Waals surface area contributed by atoms with E-state index in [0.717, 1.165) is 32.3 Å². The highest BCUT2D eigenvalue weighted by Gasteiger charge is 2.18. The van der Waals surface area contributed by atoms with E-state index in [-0.39, 0.29) is 11.6 Å². The lowest BCUT2D eigenvalue weighted by Gasteiger charge is -2.18. The van der Waals surface area contributed by atoms with Crippen molar-refractivity contribution in [2.45, 2.75) is 33.2 Å². The number of amides is 1. The van der Waals surface area contributed by atoms with Gasteiger partial charge in [0.25, 0.3) is 0 Å². The lowest BCUT2D eigenvalue weighted by molar-refractivity contribution is -0.385. The van der Waals surface area contributed by atoms with Gasteiger partial charge in [-0.05, 0) is 33.0 Å². The normalized spacial score (nSPS) is 12.4. The number of nitrogens with one attached hydrogen (secondary N) is 1. The lowest BCUT2D eigenvalue weighted by Crippen LogP contribution is -2.34. The number of nitrogens with zero attached hydrogens (tertiary/aromatic N) is 4. The first-order valence-corrected chi connectivity index (χ1v) is 7.18. The average Bonchev–Trinajstić information content (AvgIpc) is 2.96. The predicted molar refractivity (Wildman–Crippen MR) is 79.0 cm³/mol. The van der Waals surface area contributed by atoms with Crippen LogP contribution in [0.25, 0.3) is 0 Å².